The Morgan fingerprint density at radius 1 is 1.29 bits per heavy atom. The Kier molecular flexibility index (Phi) is 3.69. The summed E-state index contributed by atoms with van der Waals surface area (Å²) in [7, 11) is 1.65. The van der Waals surface area contributed by atoms with Crippen LogP contribution in [0, 0.1) is 11.9 Å². The van der Waals surface area contributed by atoms with Crippen LogP contribution in [0.5, 0.6) is 5.75 Å². The lowest BCUT2D eigenvalue weighted by atomic mass is 9.67. The van der Waals surface area contributed by atoms with Gasteiger partial charge in [0.1, 0.15) is 11.9 Å². The number of nitrogens with two attached hydrogens (primary N) is 1. The van der Waals surface area contributed by atoms with Gasteiger partial charge < -0.3 is 10.5 Å². The van der Waals surface area contributed by atoms with Crippen LogP contribution in [0.3, 0.4) is 0 Å². The monoisotopic (exact) mass is 380 g/mol. The summed E-state index contributed by atoms with van der Waals surface area (Å²) in [5.74, 6) is 0.0483. The molecule has 1 spiro atoms. The predicted molar refractivity (Wildman–Crippen MR) is 102 cm³/mol. The zero-order valence-electron chi connectivity index (χ0n) is 15.6. The van der Waals surface area contributed by atoms with Gasteiger partial charge in [0.25, 0.3) is 5.91 Å². The van der Waals surface area contributed by atoms with Crippen LogP contribution >= 0.6 is 0 Å². The van der Waals surface area contributed by atoms with Crippen molar-refractivity contribution < 1.29 is 13.9 Å². The Morgan fingerprint density at radius 2 is 2.11 bits per heavy atom. The molecular formula is C21H21FN4O2. The van der Waals surface area contributed by atoms with Gasteiger partial charge in [-0.25, -0.2) is 9.98 Å². The van der Waals surface area contributed by atoms with Crippen molar-refractivity contribution >= 4 is 11.9 Å². The number of fused-ring (bicyclic) bond motifs is 4. The topological polar surface area (TPSA) is 80.8 Å². The second kappa shape index (κ2) is 6.02. The molecule has 144 valence electrons. The van der Waals surface area contributed by atoms with E-state index in [2.05, 4.69) is 4.98 Å². The van der Waals surface area contributed by atoms with Crippen molar-refractivity contribution in [2.24, 2.45) is 16.6 Å². The Morgan fingerprint density at radius 3 is 2.86 bits per heavy atom. The first-order valence-electron chi connectivity index (χ1n) is 9.58. The highest BCUT2D eigenvalue weighted by molar-refractivity contribution is 6.07. The summed E-state index contributed by atoms with van der Waals surface area (Å²) in [5.41, 5.74) is 6.64. The van der Waals surface area contributed by atoms with E-state index in [-0.39, 0.29) is 23.9 Å². The second-order valence-electron chi connectivity index (χ2n) is 7.70. The molecule has 2 aromatic rings. The van der Waals surface area contributed by atoms with Gasteiger partial charge in [-0.3, -0.25) is 9.69 Å². The number of aliphatic imine (C=N–C) groups is 1. The van der Waals surface area contributed by atoms with Crippen LogP contribution in [-0.2, 0) is 10.3 Å². The lowest BCUT2D eigenvalue weighted by Crippen LogP contribution is -2.53. The number of pyridine rings is 1. The van der Waals surface area contributed by atoms with Crippen LogP contribution in [0.4, 0.5) is 4.39 Å². The van der Waals surface area contributed by atoms with Crippen LogP contribution in [0.25, 0.3) is 11.1 Å². The summed E-state index contributed by atoms with van der Waals surface area (Å²) in [5, 5.41) is 0. The number of carbonyl (C=O) groups is 1. The maximum atomic E-state index is 14.3. The first-order chi connectivity index (χ1) is 13.5. The van der Waals surface area contributed by atoms with E-state index in [9.17, 15) is 9.18 Å². The van der Waals surface area contributed by atoms with E-state index in [1.165, 1.54) is 11.1 Å². The number of ether oxygens (including phenoxy) is 1. The van der Waals surface area contributed by atoms with Crippen LogP contribution < -0.4 is 10.5 Å². The third kappa shape index (κ3) is 2.22. The fourth-order valence-electron chi connectivity index (χ4n) is 4.86. The molecule has 1 saturated carbocycles. The van der Waals surface area contributed by atoms with E-state index in [0.29, 0.717) is 22.4 Å². The molecule has 3 heterocycles. The van der Waals surface area contributed by atoms with E-state index < -0.39 is 11.5 Å². The summed E-state index contributed by atoms with van der Waals surface area (Å²) < 4.78 is 20.6. The van der Waals surface area contributed by atoms with Crippen LogP contribution in [0.2, 0.25) is 0 Å². The minimum absolute atomic E-state index is 0.0748. The highest BCUT2D eigenvalue weighted by Crippen LogP contribution is 2.53. The van der Waals surface area contributed by atoms with Crippen molar-refractivity contribution in [2.45, 2.75) is 37.3 Å². The lowest BCUT2D eigenvalue weighted by Gasteiger charge is -2.46. The summed E-state index contributed by atoms with van der Waals surface area (Å²) in [4.78, 5) is 23.3. The third-order valence-electron chi connectivity index (χ3n) is 6.24. The molecule has 2 aliphatic heterocycles. The van der Waals surface area contributed by atoms with E-state index in [1.807, 2.05) is 6.07 Å². The van der Waals surface area contributed by atoms with Crippen molar-refractivity contribution in [2.75, 3.05) is 7.05 Å². The SMILES string of the molecule is CN1C(=O)[C@]2(N=C1N)c1cc(-c3cccnc3F)ccc1O[C@H]1CCCC[C@@H]12. The number of carbonyl (C=O) groups excluding carboxylic acids is 1. The number of aromatic nitrogens is 1. The highest BCUT2D eigenvalue weighted by atomic mass is 19.1. The number of guanidine groups is 1. The maximum Gasteiger partial charge on any atom is 0.262 e. The van der Waals surface area contributed by atoms with Gasteiger partial charge in [0.05, 0.1) is 0 Å². The highest BCUT2D eigenvalue weighted by Gasteiger charge is 2.60. The number of nitrogens with zero attached hydrogens (tertiary/aromatic N) is 3. The fourth-order valence-corrected chi connectivity index (χ4v) is 4.86. The lowest BCUT2D eigenvalue weighted by molar-refractivity contribution is -0.136. The smallest absolute Gasteiger partial charge is 0.262 e. The number of likely N-dealkylation sites (N-methyl/N-ethyl adjacent to an activating group) is 1. The summed E-state index contributed by atoms with van der Waals surface area (Å²) >= 11 is 0. The molecule has 5 rings (SSSR count). The summed E-state index contributed by atoms with van der Waals surface area (Å²) in [6.07, 6.45) is 5.15. The number of benzene rings is 1. The van der Waals surface area contributed by atoms with E-state index in [1.54, 1.807) is 31.3 Å². The molecule has 1 fully saturated rings. The van der Waals surface area contributed by atoms with Crippen LogP contribution in [0.1, 0.15) is 31.2 Å². The van der Waals surface area contributed by atoms with Gasteiger partial charge >= 0.3 is 0 Å². The van der Waals surface area contributed by atoms with E-state index in [0.717, 1.165) is 25.7 Å². The average molecular weight is 380 g/mol. The van der Waals surface area contributed by atoms with Gasteiger partial charge in [-0.1, -0.05) is 12.5 Å². The normalized spacial score (nSPS) is 28.6. The molecule has 0 radical (unpaired) electrons. The first-order valence-corrected chi connectivity index (χ1v) is 9.58. The minimum atomic E-state index is -1.10. The average Bonchev–Trinajstić information content (AvgIpc) is 2.93. The van der Waals surface area contributed by atoms with E-state index >= 15 is 0 Å². The number of rotatable bonds is 1. The number of hydrogen-bond donors (Lipinski definition) is 1. The molecule has 28 heavy (non-hydrogen) atoms. The molecule has 6 nitrogen and oxygen atoms in total. The molecule has 1 amide bonds. The molecular weight excluding hydrogens is 359 g/mol. The molecule has 1 aromatic carbocycles. The molecule has 0 unspecified atom stereocenters. The Labute approximate surface area is 162 Å². The molecule has 0 bridgehead atoms. The summed E-state index contributed by atoms with van der Waals surface area (Å²) in [6, 6.07) is 8.77. The molecule has 1 aliphatic carbocycles. The van der Waals surface area contributed by atoms with Crippen molar-refractivity contribution in [1.82, 2.24) is 9.88 Å². The van der Waals surface area contributed by atoms with Gasteiger partial charge in [0.2, 0.25) is 5.95 Å². The van der Waals surface area contributed by atoms with Gasteiger partial charge in [-0.2, -0.15) is 4.39 Å². The standard InChI is InChI=1S/C21H21FN4O2/c1-26-19(27)21(25-20(26)23)14-6-2-3-7-16(14)28-17-9-8-12(11-15(17)21)13-5-4-10-24-18(13)22/h4-5,8-11,14,16H,2-3,6-7H2,1H3,(H2,23,25)/t14-,16-,21+/m0/s1. The predicted octanol–water partition coefficient (Wildman–Crippen LogP) is 2.82. The number of hydrogen-bond acceptors (Lipinski definition) is 5. The molecule has 3 aliphatic rings. The van der Waals surface area contributed by atoms with E-state index in [4.69, 9.17) is 15.5 Å². The van der Waals surface area contributed by atoms with Crippen LogP contribution in [0.15, 0.2) is 41.5 Å². The number of halogens is 1. The number of amides is 1. The Balaban J connectivity index is 1.74. The van der Waals surface area contributed by atoms with Crippen molar-refractivity contribution in [3.05, 3.63) is 48.0 Å². The first kappa shape index (κ1) is 17.2. The third-order valence-corrected chi connectivity index (χ3v) is 6.24. The van der Waals surface area contributed by atoms with Crippen LogP contribution in [-0.4, -0.2) is 34.9 Å². The fraction of sp³-hybridized carbons (Fsp3) is 0.381. The second-order valence-corrected chi connectivity index (χ2v) is 7.70. The molecule has 1 aromatic heterocycles. The Hall–Kier alpha value is -2.96. The largest absolute Gasteiger partial charge is 0.490 e. The minimum Gasteiger partial charge on any atom is -0.490 e. The molecule has 3 atom stereocenters. The van der Waals surface area contributed by atoms with Gasteiger partial charge in [0.15, 0.2) is 11.5 Å². The van der Waals surface area contributed by atoms with Gasteiger partial charge in [0, 0.05) is 30.3 Å². The maximum absolute atomic E-state index is 14.3. The zero-order valence-corrected chi connectivity index (χ0v) is 15.6. The van der Waals surface area contributed by atoms with Gasteiger partial charge in [-0.05, 0) is 49.1 Å². The molecule has 7 heteroatoms. The van der Waals surface area contributed by atoms with Crippen molar-refractivity contribution in [1.29, 1.82) is 0 Å². The van der Waals surface area contributed by atoms with Gasteiger partial charge in [-0.15, -0.1) is 0 Å². The Bertz CT molecular complexity index is 1010. The summed E-state index contributed by atoms with van der Waals surface area (Å²) in [6.45, 7) is 0. The zero-order chi connectivity index (χ0) is 19.5. The quantitative estimate of drug-likeness (QED) is 0.772. The van der Waals surface area contributed by atoms with Crippen molar-refractivity contribution in [3.63, 3.8) is 0 Å². The molecule has 0 saturated heterocycles. The molecule has 2 N–H and O–H groups in total. The van der Waals surface area contributed by atoms with Crippen molar-refractivity contribution in [3.8, 4) is 16.9 Å².